The number of hydrogen-bond acceptors (Lipinski definition) is 5. The van der Waals surface area contributed by atoms with E-state index in [2.05, 4.69) is 41.9 Å². The van der Waals surface area contributed by atoms with E-state index in [0.29, 0.717) is 29.8 Å². The number of aromatic nitrogens is 1. The lowest BCUT2D eigenvalue weighted by Crippen LogP contribution is -2.36. The summed E-state index contributed by atoms with van der Waals surface area (Å²) in [5.74, 6) is 0.303. The Bertz CT molecular complexity index is 1400. The summed E-state index contributed by atoms with van der Waals surface area (Å²) in [6.07, 6.45) is 0.295. The van der Waals surface area contributed by atoms with Crippen LogP contribution in [0.2, 0.25) is 0 Å². The zero-order valence-electron chi connectivity index (χ0n) is 19.9. The first-order valence-corrected chi connectivity index (χ1v) is 12.4. The van der Waals surface area contributed by atoms with Gasteiger partial charge in [0.2, 0.25) is 0 Å². The first kappa shape index (κ1) is 23.0. The Kier molecular flexibility index (Phi) is 5.99. The molecule has 0 aliphatic carbocycles. The van der Waals surface area contributed by atoms with Gasteiger partial charge in [-0.2, -0.15) is 0 Å². The molecule has 0 saturated carbocycles. The lowest BCUT2D eigenvalue weighted by molar-refractivity contribution is 0.0620. The Balaban J connectivity index is 1.23. The van der Waals surface area contributed by atoms with Gasteiger partial charge in [0, 0.05) is 28.6 Å². The molecule has 1 aliphatic rings. The standard InChI is InChI=1S/C29H26N2O3S/c1-18-4-8-20(9-5-18)24-17-35-28(31-24)21-10-6-19(7-11-21)16-30-27(33)22-12-13-26-23(14-22)25(32)15-29(2,3)34-26/h4-14,17H,15-16H2,1-3H3,(H,30,33). The molecule has 1 aliphatic heterocycles. The number of aryl methyl sites for hydroxylation is 1. The number of ether oxygens (including phenoxy) is 1. The maximum absolute atomic E-state index is 12.7. The minimum atomic E-state index is -0.527. The number of nitrogens with one attached hydrogen (secondary N) is 1. The number of carbonyl (C=O) groups excluding carboxylic acids is 2. The Morgan fingerprint density at radius 3 is 2.49 bits per heavy atom. The molecule has 0 spiro atoms. The summed E-state index contributed by atoms with van der Waals surface area (Å²) in [6.45, 7) is 6.23. The molecular formula is C29H26N2O3S. The van der Waals surface area contributed by atoms with Gasteiger partial charge in [-0.25, -0.2) is 4.98 Å². The van der Waals surface area contributed by atoms with Crippen LogP contribution in [0.25, 0.3) is 21.8 Å². The predicted molar refractivity (Wildman–Crippen MR) is 139 cm³/mol. The maximum atomic E-state index is 12.7. The van der Waals surface area contributed by atoms with Crippen LogP contribution in [0.4, 0.5) is 0 Å². The third-order valence-corrected chi connectivity index (χ3v) is 6.91. The number of amides is 1. The first-order chi connectivity index (χ1) is 16.8. The number of nitrogens with zero attached hydrogens (tertiary/aromatic N) is 1. The number of carbonyl (C=O) groups is 2. The fourth-order valence-electron chi connectivity index (χ4n) is 4.11. The maximum Gasteiger partial charge on any atom is 0.251 e. The second kappa shape index (κ2) is 9.12. The molecule has 5 nitrogen and oxygen atoms in total. The second-order valence-electron chi connectivity index (χ2n) is 9.46. The molecular weight excluding hydrogens is 456 g/mol. The fourth-order valence-corrected chi connectivity index (χ4v) is 4.94. The van der Waals surface area contributed by atoms with Crippen molar-refractivity contribution in [1.82, 2.24) is 10.3 Å². The molecule has 0 bridgehead atoms. The van der Waals surface area contributed by atoms with E-state index in [0.717, 1.165) is 27.4 Å². The minimum Gasteiger partial charge on any atom is -0.487 e. The molecule has 0 atom stereocenters. The summed E-state index contributed by atoms with van der Waals surface area (Å²) in [4.78, 5) is 30.0. The van der Waals surface area contributed by atoms with Gasteiger partial charge in [0.05, 0.1) is 17.7 Å². The topological polar surface area (TPSA) is 68.3 Å². The average molecular weight is 483 g/mol. The number of hydrogen-bond donors (Lipinski definition) is 1. The van der Waals surface area contributed by atoms with Crippen LogP contribution < -0.4 is 10.1 Å². The zero-order chi connectivity index (χ0) is 24.6. The number of thiazole rings is 1. The molecule has 1 aromatic heterocycles. The van der Waals surface area contributed by atoms with Crippen LogP contribution in [0.3, 0.4) is 0 Å². The summed E-state index contributed by atoms with van der Waals surface area (Å²) in [6, 6.07) is 21.4. The van der Waals surface area contributed by atoms with Crippen molar-refractivity contribution in [2.24, 2.45) is 0 Å². The summed E-state index contributed by atoms with van der Waals surface area (Å²) in [7, 11) is 0. The van der Waals surface area contributed by atoms with Gasteiger partial charge in [-0.05, 0) is 44.5 Å². The largest absolute Gasteiger partial charge is 0.487 e. The molecule has 3 aromatic carbocycles. The van der Waals surface area contributed by atoms with Gasteiger partial charge in [0.1, 0.15) is 16.4 Å². The quantitative estimate of drug-likeness (QED) is 0.354. The second-order valence-corrected chi connectivity index (χ2v) is 10.3. The summed E-state index contributed by atoms with van der Waals surface area (Å²) >= 11 is 1.62. The molecule has 0 radical (unpaired) electrons. The van der Waals surface area contributed by atoms with Crippen LogP contribution in [0.1, 0.15) is 52.1 Å². The Labute approximate surface area is 208 Å². The smallest absolute Gasteiger partial charge is 0.251 e. The van der Waals surface area contributed by atoms with Crippen molar-refractivity contribution in [3.63, 3.8) is 0 Å². The Morgan fingerprint density at radius 1 is 1.03 bits per heavy atom. The highest BCUT2D eigenvalue weighted by Gasteiger charge is 2.32. The van der Waals surface area contributed by atoms with Gasteiger partial charge in [-0.15, -0.1) is 11.3 Å². The monoisotopic (exact) mass is 482 g/mol. The lowest BCUT2D eigenvalue weighted by Gasteiger charge is -2.31. The molecule has 0 fully saturated rings. The van der Waals surface area contributed by atoms with Gasteiger partial charge in [0.15, 0.2) is 5.78 Å². The van der Waals surface area contributed by atoms with E-state index < -0.39 is 5.60 Å². The highest BCUT2D eigenvalue weighted by molar-refractivity contribution is 7.13. The molecule has 6 heteroatoms. The first-order valence-electron chi connectivity index (χ1n) is 11.5. The van der Waals surface area contributed by atoms with Gasteiger partial charge in [-0.1, -0.05) is 54.1 Å². The van der Waals surface area contributed by atoms with E-state index >= 15 is 0 Å². The molecule has 0 unspecified atom stereocenters. The Morgan fingerprint density at radius 2 is 1.74 bits per heavy atom. The van der Waals surface area contributed by atoms with E-state index in [1.165, 1.54) is 5.56 Å². The number of fused-ring (bicyclic) bond motifs is 1. The van der Waals surface area contributed by atoms with Crippen LogP contribution in [0.5, 0.6) is 5.75 Å². The van der Waals surface area contributed by atoms with Crippen LogP contribution >= 0.6 is 11.3 Å². The van der Waals surface area contributed by atoms with E-state index in [1.54, 1.807) is 29.5 Å². The molecule has 176 valence electrons. The number of ketones is 1. The van der Waals surface area contributed by atoms with E-state index in [4.69, 9.17) is 9.72 Å². The van der Waals surface area contributed by atoms with Crippen molar-refractivity contribution < 1.29 is 14.3 Å². The highest BCUT2D eigenvalue weighted by atomic mass is 32.1. The summed E-state index contributed by atoms with van der Waals surface area (Å²) in [5.41, 5.74) is 5.72. The van der Waals surface area contributed by atoms with Crippen LogP contribution in [-0.2, 0) is 6.54 Å². The molecule has 35 heavy (non-hydrogen) atoms. The predicted octanol–water partition coefficient (Wildman–Crippen LogP) is 6.46. The molecule has 5 rings (SSSR count). The van der Waals surface area contributed by atoms with Crippen molar-refractivity contribution in [1.29, 1.82) is 0 Å². The van der Waals surface area contributed by atoms with Crippen molar-refractivity contribution in [3.8, 4) is 27.6 Å². The minimum absolute atomic E-state index is 0.00536. The zero-order valence-corrected chi connectivity index (χ0v) is 20.7. The molecule has 4 aromatic rings. The van der Waals surface area contributed by atoms with E-state index in [-0.39, 0.29) is 11.7 Å². The molecule has 1 N–H and O–H groups in total. The van der Waals surface area contributed by atoms with Crippen LogP contribution in [0.15, 0.2) is 72.1 Å². The third-order valence-electron chi connectivity index (χ3n) is 6.02. The normalized spacial score (nSPS) is 14.2. The number of rotatable bonds is 5. The summed E-state index contributed by atoms with van der Waals surface area (Å²) < 4.78 is 5.88. The van der Waals surface area contributed by atoms with Gasteiger partial charge in [0.25, 0.3) is 5.91 Å². The molecule has 2 heterocycles. The number of Topliss-reactive ketones (excluding diaryl/α,β-unsaturated/α-hetero) is 1. The molecule has 1 amide bonds. The van der Waals surface area contributed by atoms with E-state index in [9.17, 15) is 9.59 Å². The lowest BCUT2D eigenvalue weighted by atomic mass is 9.92. The molecule has 0 saturated heterocycles. The van der Waals surface area contributed by atoms with E-state index in [1.807, 2.05) is 38.1 Å². The highest BCUT2D eigenvalue weighted by Crippen LogP contribution is 2.33. The van der Waals surface area contributed by atoms with Crippen molar-refractivity contribution >= 4 is 23.0 Å². The van der Waals surface area contributed by atoms with Gasteiger partial charge in [-0.3, -0.25) is 9.59 Å². The van der Waals surface area contributed by atoms with Gasteiger partial charge < -0.3 is 10.1 Å². The van der Waals surface area contributed by atoms with Crippen molar-refractivity contribution in [2.45, 2.75) is 39.3 Å². The van der Waals surface area contributed by atoms with Gasteiger partial charge >= 0.3 is 0 Å². The van der Waals surface area contributed by atoms with Crippen LogP contribution in [0, 0.1) is 6.92 Å². The third kappa shape index (κ3) is 5.03. The van der Waals surface area contributed by atoms with Crippen molar-refractivity contribution in [3.05, 3.63) is 94.4 Å². The van der Waals surface area contributed by atoms with Crippen molar-refractivity contribution in [2.75, 3.05) is 0 Å². The summed E-state index contributed by atoms with van der Waals surface area (Å²) in [5, 5.41) is 5.97. The number of benzene rings is 3. The van der Waals surface area contributed by atoms with Crippen LogP contribution in [-0.4, -0.2) is 22.3 Å². The SMILES string of the molecule is Cc1ccc(-c2csc(-c3ccc(CNC(=O)c4ccc5c(c4)C(=O)CC(C)(C)O5)cc3)n2)cc1. The average Bonchev–Trinajstić information content (AvgIpc) is 3.33. The fraction of sp³-hybridized carbons (Fsp3) is 0.207. The Hall–Kier alpha value is -3.77.